The second-order valence-electron chi connectivity index (χ2n) is 10.1. The van der Waals surface area contributed by atoms with Crippen molar-refractivity contribution in [1.29, 1.82) is 0 Å². The molecule has 0 heterocycles. The lowest BCUT2D eigenvalue weighted by molar-refractivity contribution is -0.133. The van der Waals surface area contributed by atoms with Crippen LogP contribution in [-0.4, -0.2) is 59.7 Å². The lowest BCUT2D eigenvalue weighted by Crippen LogP contribution is -2.49. The molecule has 0 aromatic heterocycles. The zero-order chi connectivity index (χ0) is 32.0. The molecule has 10 heteroatoms. The molecule has 4 unspecified atom stereocenters. The van der Waals surface area contributed by atoms with Crippen LogP contribution < -0.4 is 9.47 Å². The number of allylic oxidation sites excluding steroid dienone is 3. The van der Waals surface area contributed by atoms with Crippen LogP contribution >= 0.6 is 47.0 Å². The fraction of sp³-hybridized carbons (Fsp3) is 0.412. The van der Waals surface area contributed by atoms with Crippen molar-refractivity contribution in [3.63, 3.8) is 0 Å². The Morgan fingerprint density at radius 3 is 1.66 bits per heavy atom. The van der Waals surface area contributed by atoms with Crippen LogP contribution in [0.1, 0.15) is 50.7 Å². The summed E-state index contributed by atoms with van der Waals surface area (Å²) in [6, 6.07) is 15.0. The third-order valence-electron chi connectivity index (χ3n) is 7.78. The molecule has 1 fully saturated rings. The molecule has 0 N–H and O–H groups in total. The minimum absolute atomic E-state index is 0.0934. The molecule has 0 saturated heterocycles. The smallest absolute Gasteiger partial charge is 0.260 e. The summed E-state index contributed by atoms with van der Waals surface area (Å²) >= 11 is 5.45. The third kappa shape index (κ3) is 6.73. The Kier molecular flexibility index (Phi) is 12.3. The van der Waals surface area contributed by atoms with Gasteiger partial charge in [0, 0.05) is 32.5 Å². The minimum Gasteiger partial charge on any atom is -0.497 e. The summed E-state index contributed by atoms with van der Waals surface area (Å²) in [5.74, 6) is -0.178. The summed E-state index contributed by atoms with van der Waals surface area (Å²) in [5.41, 5.74) is 2.13. The largest absolute Gasteiger partial charge is 0.497 e. The number of fused-ring (bicyclic) bond motifs is 2. The number of methoxy groups -OCH3 is 2. The van der Waals surface area contributed by atoms with Gasteiger partial charge in [-0.05, 0) is 58.4 Å². The van der Waals surface area contributed by atoms with Crippen molar-refractivity contribution in [2.75, 3.05) is 37.2 Å². The second-order valence-corrected chi connectivity index (χ2v) is 15.4. The van der Waals surface area contributed by atoms with Crippen molar-refractivity contribution in [2.45, 2.75) is 39.5 Å². The molecule has 44 heavy (non-hydrogen) atoms. The zero-order valence-electron chi connectivity index (χ0n) is 25.8. The van der Waals surface area contributed by atoms with E-state index < -0.39 is 34.6 Å². The molecule has 0 radical (unpaired) electrons. The minimum atomic E-state index is -0.805. The maximum Gasteiger partial charge on any atom is 0.260 e. The highest BCUT2D eigenvalue weighted by Gasteiger charge is 2.58. The molecule has 4 rings (SSSR count). The average molecular weight is 671 g/mol. The summed E-state index contributed by atoms with van der Waals surface area (Å²) in [4.78, 5) is 57.2. The molecule has 234 valence electrons. The van der Waals surface area contributed by atoms with Crippen LogP contribution in [0.5, 0.6) is 11.5 Å². The van der Waals surface area contributed by atoms with Gasteiger partial charge in [-0.1, -0.05) is 63.7 Å². The van der Waals surface area contributed by atoms with Crippen LogP contribution in [0.4, 0.5) is 0 Å². The first-order valence-corrected chi connectivity index (χ1v) is 18.7. The Bertz CT molecular complexity index is 1450. The number of thioether (sulfide) groups is 4. The Labute approximate surface area is 276 Å². The van der Waals surface area contributed by atoms with Gasteiger partial charge in [0.1, 0.15) is 11.5 Å². The molecular formula is C34H38O6S4. The van der Waals surface area contributed by atoms with Gasteiger partial charge in [-0.15, -0.1) is 35.3 Å². The Morgan fingerprint density at radius 1 is 0.659 bits per heavy atom. The number of rotatable bonds is 13. The van der Waals surface area contributed by atoms with E-state index in [2.05, 4.69) is 13.8 Å². The standard InChI is InChI=1S/C34H38O6S4/c1-7-41-32-26-23(19-11-15-21(39-5)16-12-19)25(29(35)28(32)31(37)33(38)42-8-2)24(20-13-17-22(40-6)18-14-20)27(30(26)36)34(43-9-3)44-10-4/h11-18,23-26H,7-10H2,1-6H3. The average Bonchev–Trinajstić information content (AvgIpc) is 3.03. The first-order valence-electron chi connectivity index (χ1n) is 14.7. The van der Waals surface area contributed by atoms with Crippen molar-refractivity contribution >= 4 is 69.5 Å². The van der Waals surface area contributed by atoms with Gasteiger partial charge in [-0.2, -0.15) is 0 Å². The second kappa shape index (κ2) is 15.7. The van der Waals surface area contributed by atoms with Crippen molar-refractivity contribution in [1.82, 2.24) is 0 Å². The van der Waals surface area contributed by atoms with Crippen molar-refractivity contribution < 1.29 is 28.7 Å². The van der Waals surface area contributed by atoms with Crippen LogP contribution in [0.15, 0.2) is 68.8 Å². The van der Waals surface area contributed by atoms with Gasteiger partial charge in [-0.3, -0.25) is 19.2 Å². The first kappa shape index (κ1) is 34.5. The summed E-state index contributed by atoms with van der Waals surface area (Å²) in [7, 11) is 3.18. The van der Waals surface area contributed by atoms with Crippen LogP contribution in [0, 0.1) is 11.8 Å². The van der Waals surface area contributed by atoms with Gasteiger partial charge in [0.05, 0.1) is 25.7 Å². The number of hydrogen-bond acceptors (Lipinski definition) is 10. The van der Waals surface area contributed by atoms with Gasteiger partial charge < -0.3 is 9.47 Å². The molecule has 2 aliphatic rings. The fourth-order valence-corrected chi connectivity index (χ4v) is 9.96. The molecule has 2 bridgehead atoms. The predicted octanol–water partition coefficient (Wildman–Crippen LogP) is 7.54. The quantitative estimate of drug-likeness (QED) is 0.121. The highest BCUT2D eigenvalue weighted by Crippen LogP contribution is 2.60. The maximum atomic E-state index is 15.1. The van der Waals surface area contributed by atoms with E-state index in [1.165, 1.54) is 11.8 Å². The summed E-state index contributed by atoms with van der Waals surface area (Å²) in [6.45, 7) is 7.82. The zero-order valence-corrected chi connectivity index (χ0v) is 29.1. The molecule has 2 aromatic carbocycles. The topological polar surface area (TPSA) is 86.7 Å². The van der Waals surface area contributed by atoms with Crippen LogP contribution in [0.25, 0.3) is 0 Å². The molecule has 1 saturated carbocycles. The Hall–Kier alpha value is -2.40. The number of ether oxygens (including phenoxy) is 2. The van der Waals surface area contributed by atoms with Crippen LogP contribution in [-0.2, 0) is 19.2 Å². The molecule has 2 aromatic rings. The van der Waals surface area contributed by atoms with Gasteiger partial charge in [-0.25, -0.2) is 0 Å². The highest BCUT2D eigenvalue weighted by molar-refractivity contribution is 8.22. The number of hydrogen-bond donors (Lipinski definition) is 0. The van der Waals surface area contributed by atoms with E-state index in [4.69, 9.17) is 9.47 Å². The van der Waals surface area contributed by atoms with E-state index in [9.17, 15) is 14.4 Å². The van der Waals surface area contributed by atoms with Gasteiger partial charge in [0.15, 0.2) is 11.6 Å². The molecule has 0 aliphatic heterocycles. The number of ketones is 3. The van der Waals surface area contributed by atoms with E-state index >= 15 is 4.79 Å². The summed E-state index contributed by atoms with van der Waals surface area (Å²) < 4.78 is 11.7. The Morgan fingerprint density at radius 2 is 1.18 bits per heavy atom. The molecule has 0 spiro atoms. The third-order valence-corrected chi connectivity index (χ3v) is 11.8. The van der Waals surface area contributed by atoms with E-state index in [0.29, 0.717) is 33.5 Å². The Balaban J connectivity index is 2.11. The van der Waals surface area contributed by atoms with Crippen LogP contribution in [0.3, 0.4) is 0 Å². The normalized spacial score (nSPS) is 21.4. The van der Waals surface area contributed by atoms with E-state index in [1.807, 2.05) is 55.5 Å². The molecule has 2 aliphatic carbocycles. The van der Waals surface area contributed by atoms with E-state index in [1.54, 1.807) is 44.7 Å². The lowest BCUT2D eigenvalue weighted by Gasteiger charge is -2.48. The van der Waals surface area contributed by atoms with Crippen LogP contribution in [0.2, 0.25) is 0 Å². The van der Waals surface area contributed by atoms with Gasteiger partial charge >= 0.3 is 0 Å². The summed E-state index contributed by atoms with van der Waals surface area (Å²) in [5, 5.41) is -0.668. The van der Waals surface area contributed by atoms with E-state index in [-0.39, 0.29) is 17.1 Å². The van der Waals surface area contributed by atoms with Gasteiger partial charge in [0.25, 0.3) is 5.12 Å². The predicted molar refractivity (Wildman–Crippen MR) is 185 cm³/mol. The first-order chi connectivity index (χ1) is 21.3. The highest BCUT2D eigenvalue weighted by atomic mass is 32.2. The van der Waals surface area contributed by atoms with Crippen molar-refractivity contribution in [3.05, 3.63) is 79.9 Å². The van der Waals surface area contributed by atoms with Crippen molar-refractivity contribution in [3.8, 4) is 11.5 Å². The van der Waals surface area contributed by atoms with Gasteiger partial charge in [0.2, 0.25) is 5.78 Å². The van der Waals surface area contributed by atoms with Crippen molar-refractivity contribution in [2.24, 2.45) is 11.8 Å². The maximum absolute atomic E-state index is 15.1. The number of benzene rings is 2. The molecule has 6 nitrogen and oxygen atoms in total. The number of carbonyl (C=O) groups is 4. The lowest BCUT2D eigenvalue weighted by atomic mass is 9.55. The van der Waals surface area contributed by atoms with E-state index in [0.717, 1.165) is 38.6 Å². The fourth-order valence-electron chi connectivity index (χ4n) is 6.06. The SMILES string of the molecule is CCSC(=O)C(=O)C1=C(SCC)C2C(=O)C(=C(SCC)SCC)C(c3ccc(OC)cc3)C(C1=O)C2c1ccc(OC)cc1. The molecular weight excluding hydrogens is 633 g/mol. The summed E-state index contributed by atoms with van der Waals surface area (Å²) in [6.07, 6.45) is 0. The number of carbonyl (C=O) groups excluding carboxylic acids is 4. The molecule has 4 atom stereocenters. The monoisotopic (exact) mass is 670 g/mol. The molecule has 0 amide bonds. The number of Topliss-reactive ketones (excluding diaryl/α,β-unsaturated/α-hetero) is 3.